The maximum absolute atomic E-state index is 13.4. The second-order valence-corrected chi connectivity index (χ2v) is 4.40. The molecule has 1 aromatic rings. The molecule has 19 heavy (non-hydrogen) atoms. The average molecular weight is 271 g/mol. The van der Waals surface area contributed by atoms with Crippen LogP contribution < -0.4 is 16.6 Å². The van der Waals surface area contributed by atoms with Crippen LogP contribution in [0.3, 0.4) is 0 Å². The first kappa shape index (κ1) is 13.7. The number of hydrogen-bond donors (Lipinski definition) is 3. The number of nitrogen functional groups attached to an aromatic ring is 1. The molecule has 0 saturated carbocycles. The van der Waals surface area contributed by atoms with E-state index in [0.717, 1.165) is 18.6 Å². The largest absolute Gasteiger partial charge is 0.381 e. The van der Waals surface area contributed by atoms with Gasteiger partial charge in [-0.05, 0) is 18.6 Å². The van der Waals surface area contributed by atoms with Crippen LogP contribution in [0.4, 0.5) is 14.5 Å². The van der Waals surface area contributed by atoms with E-state index in [4.69, 9.17) is 10.6 Å². The Kier molecular flexibility index (Phi) is 4.28. The Balaban J connectivity index is 2.02. The maximum atomic E-state index is 13.4. The molecule has 2 rings (SSSR count). The molecule has 1 saturated heterocycles. The summed E-state index contributed by atoms with van der Waals surface area (Å²) in [6.07, 6.45) is 0.874. The first-order valence-electron chi connectivity index (χ1n) is 5.93. The number of hydrazine groups is 1. The third-order valence-electron chi connectivity index (χ3n) is 3.02. The summed E-state index contributed by atoms with van der Waals surface area (Å²) in [5.41, 5.74) is 1.37. The molecular weight excluding hydrogens is 256 g/mol. The van der Waals surface area contributed by atoms with E-state index in [9.17, 15) is 13.6 Å². The van der Waals surface area contributed by atoms with Crippen molar-refractivity contribution >= 4 is 11.6 Å². The molecule has 1 atom stereocenters. The number of carbonyl (C=O) groups is 1. The lowest BCUT2D eigenvalue weighted by Crippen LogP contribution is -2.29. The van der Waals surface area contributed by atoms with Gasteiger partial charge in [-0.15, -0.1) is 0 Å². The molecule has 1 aliphatic heterocycles. The van der Waals surface area contributed by atoms with Gasteiger partial charge < -0.3 is 15.5 Å². The normalized spacial score (nSPS) is 18.4. The number of halogens is 2. The van der Waals surface area contributed by atoms with Crippen molar-refractivity contribution in [2.24, 2.45) is 11.8 Å². The Morgan fingerprint density at radius 3 is 2.63 bits per heavy atom. The minimum absolute atomic E-state index is 0.0760. The number of hydrogen-bond acceptors (Lipinski definition) is 4. The summed E-state index contributed by atoms with van der Waals surface area (Å²) < 4.78 is 32.0. The van der Waals surface area contributed by atoms with Gasteiger partial charge in [-0.1, -0.05) is 0 Å². The Morgan fingerprint density at radius 1 is 1.42 bits per heavy atom. The number of ether oxygens (including phenoxy) is 1. The molecule has 1 unspecified atom stereocenters. The van der Waals surface area contributed by atoms with Crippen LogP contribution in [-0.4, -0.2) is 25.7 Å². The molecule has 0 radical (unpaired) electrons. The number of amides is 1. The van der Waals surface area contributed by atoms with Gasteiger partial charge in [0.25, 0.3) is 5.91 Å². The van der Waals surface area contributed by atoms with Crippen molar-refractivity contribution < 1.29 is 18.3 Å². The van der Waals surface area contributed by atoms with Gasteiger partial charge in [-0.3, -0.25) is 10.6 Å². The molecule has 0 spiro atoms. The van der Waals surface area contributed by atoms with E-state index in [1.807, 2.05) is 5.43 Å². The van der Waals surface area contributed by atoms with Crippen LogP contribution in [0.25, 0.3) is 0 Å². The van der Waals surface area contributed by atoms with Gasteiger partial charge in [-0.25, -0.2) is 8.78 Å². The van der Waals surface area contributed by atoms with Gasteiger partial charge in [0.05, 0.1) is 6.61 Å². The molecule has 1 aromatic carbocycles. The summed E-state index contributed by atoms with van der Waals surface area (Å²) in [6, 6.07) is 1.89. The average Bonchev–Trinajstić information content (AvgIpc) is 2.88. The van der Waals surface area contributed by atoms with Crippen molar-refractivity contribution in [2.45, 2.75) is 6.42 Å². The monoisotopic (exact) mass is 271 g/mol. The summed E-state index contributed by atoms with van der Waals surface area (Å²) in [5.74, 6) is 2.90. The van der Waals surface area contributed by atoms with Gasteiger partial charge in [0.2, 0.25) is 0 Å². The smallest absolute Gasteiger partial charge is 0.251 e. The molecule has 5 nitrogen and oxygen atoms in total. The quantitative estimate of drug-likeness (QED) is 0.564. The highest BCUT2D eigenvalue weighted by Gasteiger charge is 2.18. The highest BCUT2D eigenvalue weighted by molar-refractivity contribution is 5.94. The van der Waals surface area contributed by atoms with Crippen molar-refractivity contribution in [3.63, 3.8) is 0 Å². The molecule has 1 fully saturated rings. The van der Waals surface area contributed by atoms with Crippen LogP contribution in [0.5, 0.6) is 0 Å². The van der Waals surface area contributed by atoms with Crippen molar-refractivity contribution in [3.8, 4) is 0 Å². The number of benzene rings is 1. The number of anilines is 1. The fourth-order valence-corrected chi connectivity index (χ4v) is 1.93. The van der Waals surface area contributed by atoms with Crippen molar-refractivity contribution in [2.75, 3.05) is 25.2 Å². The summed E-state index contributed by atoms with van der Waals surface area (Å²) in [6.45, 7) is 1.71. The zero-order valence-electron chi connectivity index (χ0n) is 10.2. The van der Waals surface area contributed by atoms with Crippen LogP contribution in [-0.2, 0) is 4.74 Å². The van der Waals surface area contributed by atoms with E-state index >= 15 is 0 Å². The first-order chi connectivity index (χ1) is 9.11. The molecule has 1 aliphatic rings. The summed E-state index contributed by atoms with van der Waals surface area (Å²) in [4.78, 5) is 11.8. The third kappa shape index (κ3) is 3.18. The predicted molar refractivity (Wildman–Crippen MR) is 65.4 cm³/mol. The van der Waals surface area contributed by atoms with Crippen molar-refractivity contribution in [1.29, 1.82) is 0 Å². The van der Waals surface area contributed by atoms with Crippen LogP contribution in [0.15, 0.2) is 12.1 Å². The van der Waals surface area contributed by atoms with Crippen LogP contribution in [0.2, 0.25) is 0 Å². The van der Waals surface area contributed by atoms with Crippen LogP contribution in [0, 0.1) is 17.6 Å². The highest BCUT2D eigenvalue weighted by Crippen LogP contribution is 2.19. The van der Waals surface area contributed by atoms with E-state index in [2.05, 4.69) is 5.32 Å². The van der Waals surface area contributed by atoms with Gasteiger partial charge in [-0.2, -0.15) is 0 Å². The lowest BCUT2D eigenvalue weighted by atomic mass is 10.1. The summed E-state index contributed by atoms with van der Waals surface area (Å²) in [7, 11) is 0. The molecule has 1 amide bonds. The van der Waals surface area contributed by atoms with Gasteiger partial charge >= 0.3 is 0 Å². The zero-order valence-corrected chi connectivity index (χ0v) is 10.2. The van der Waals surface area contributed by atoms with Crippen LogP contribution >= 0.6 is 0 Å². The first-order valence-corrected chi connectivity index (χ1v) is 5.93. The number of nitrogens with one attached hydrogen (secondary N) is 2. The van der Waals surface area contributed by atoms with Gasteiger partial charge in [0, 0.05) is 24.6 Å². The van der Waals surface area contributed by atoms with E-state index in [0.29, 0.717) is 19.8 Å². The molecule has 4 N–H and O–H groups in total. The number of nitrogens with two attached hydrogens (primary N) is 1. The van der Waals surface area contributed by atoms with Crippen LogP contribution in [0.1, 0.15) is 16.8 Å². The molecular formula is C12H15F2N3O2. The van der Waals surface area contributed by atoms with Crippen molar-refractivity contribution in [3.05, 3.63) is 29.3 Å². The van der Waals surface area contributed by atoms with Gasteiger partial charge in [0.1, 0.15) is 5.69 Å². The molecule has 104 valence electrons. The van der Waals surface area contributed by atoms with E-state index in [1.165, 1.54) is 0 Å². The topological polar surface area (TPSA) is 76.4 Å². The lowest BCUT2D eigenvalue weighted by Gasteiger charge is -2.11. The third-order valence-corrected chi connectivity index (χ3v) is 3.02. The maximum Gasteiger partial charge on any atom is 0.251 e. The lowest BCUT2D eigenvalue weighted by molar-refractivity contribution is 0.0944. The number of carbonyl (C=O) groups excluding carboxylic acids is 1. The fraction of sp³-hybridized carbons (Fsp3) is 0.417. The summed E-state index contributed by atoms with van der Waals surface area (Å²) >= 11 is 0. The fourth-order valence-electron chi connectivity index (χ4n) is 1.93. The predicted octanol–water partition coefficient (Wildman–Crippen LogP) is 1.02. The Labute approximate surface area is 109 Å². The highest BCUT2D eigenvalue weighted by atomic mass is 19.1. The Hall–Kier alpha value is -1.73. The molecule has 0 aromatic heterocycles. The zero-order chi connectivity index (χ0) is 13.8. The second-order valence-electron chi connectivity index (χ2n) is 4.40. The molecule has 0 bridgehead atoms. The van der Waals surface area contributed by atoms with E-state index < -0.39 is 23.2 Å². The van der Waals surface area contributed by atoms with E-state index in [-0.39, 0.29) is 11.5 Å². The Morgan fingerprint density at radius 2 is 2.11 bits per heavy atom. The standard InChI is InChI=1S/C12H15F2N3O2/c13-9-3-8(4-10(14)11(9)17-15)12(18)16-5-7-1-2-19-6-7/h3-4,7,17H,1-2,5-6,15H2,(H,16,18). The molecule has 1 heterocycles. The van der Waals surface area contributed by atoms with Gasteiger partial charge in [0.15, 0.2) is 11.6 Å². The minimum atomic E-state index is -0.906. The minimum Gasteiger partial charge on any atom is -0.381 e. The SMILES string of the molecule is NNc1c(F)cc(C(=O)NCC2CCOC2)cc1F. The molecule has 0 aliphatic carbocycles. The Bertz CT molecular complexity index is 453. The second kappa shape index (κ2) is 5.94. The van der Waals surface area contributed by atoms with E-state index in [1.54, 1.807) is 0 Å². The molecule has 7 heteroatoms. The van der Waals surface area contributed by atoms with Crippen molar-refractivity contribution in [1.82, 2.24) is 5.32 Å². The number of rotatable bonds is 4. The summed E-state index contributed by atoms with van der Waals surface area (Å²) in [5, 5.41) is 2.63.